The number of anilines is 1. The van der Waals surface area contributed by atoms with Crippen LogP contribution in [0.3, 0.4) is 0 Å². The normalized spacial score (nSPS) is 14.9. The Morgan fingerprint density at radius 2 is 2.07 bits per heavy atom. The van der Waals surface area contributed by atoms with Crippen molar-refractivity contribution < 1.29 is 14.3 Å². The summed E-state index contributed by atoms with van der Waals surface area (Å²) in [5, 5.41) is 3.45. The van der Waals surface area contributed by atoms with Gasteiger partial charge in [0.15, 0.2) is 11.7 Å². The second-order valence-electron chi connectivity index (χ2n) is 7.77. The number of hydrogen-bond acceptors (Lipinski definition) is 6. The Labute approximate surface area is 180 Å². The first-order valence-corrected chi connectivity index (χ1v) is 11.1. The van der Waals surface area contributed by atoms with E-state index >= 15 is 0 Å². The number of nitrogens with zero attached hydrogens (tertiary/aromatic N) is 2. The second-order valence-corrected chi connectivity index (χ2v) is 8.80. The van der Waals surface area contributed by atoms with E-state index in [1.807, 2.05) is 24.3 Å². The first-order chi connectivity index (χ1) is 14.6. The van der Waals surface area contributed by atoms with Gasteiger partial charge in [-0.05, 0) is 41.3 Å². The number of thiazole rings is 1. The van der Waals surface area contributed by atoms with E-state index in [1.165, 1.54) is 22.5 Å². The molecule has 1 amide bonds. The van der Waals surface area contributed by atoms with E-state index in [2.05, 4.69) is 47.2 Å². The van der Waals surface area contributed by atoms with Crippen LogP contribution in [0.5, 0.6) is 5.75 Å². The first-order valence-electron chi connectivity index (χ1n) is 10.3. The third-order valence-electron chi connectivity index (χ3n) is 5.10. The SMILES string of the molecule is CC(C)c1cccc(OCC(=O)Nc2nc3ccc(CN4CCOCC4)cc3s2)c1. The van der Waals surface area contributed by atoms with E-state index in [4.69, 9.17) is 9.47 Å². The van der Waals surface area contributed by atoms with Gasteiger partial charge in [0.2, 0.25) is 0 Å². The molecule has 0 aliphatic carbocycles. The summed E-state index contributed by atoms with van der Waals surface area (Å²) in [6.45, 7) is 8.63. The van der Waals surface area contributed by atoms with E-state index in [0.717, 1.165) is 43.1 Å². The smallest absolute Gasteiger partial charge is 0.264 e. The van der Waals surface area contributed by atoms with Gasteiger partial charge in [-0.2, -0.15) is 0 Å². The van der Waals surface area contributed by atoms with Gasteiger partial charge < -0.3 is 9.47 Å². The van der Waals surface area contributed by atoms with Gasteiger partial charge in [0.05, 0.1) is 23.4 Å². The molecule has 0 unspecified atom stereocenters. The Bertz CT molecular complexity index is 1010. The highest BCUT2D eigenvalue weighted by Gasteiger charge is 2.13. The van der Waals surface area contributed by atoms with Crippen molar-refractivity contribution in [1.29, 1.82) is 0 Å². The summed E-state index contributed by atoms with van der Waals surface area (Å²) in [6, 6.07) is 14.1. The zero-order chi connectivity index (χ0) is 20.9. The fourth-order valence-corrected chi connectivity index (χ4v) is 4.35. The highest BCUT2D eigenvalue weighted by Crippen LogP contribution is 2.27. The number of fused-ring (bicyclic) bond motifs is 1. The van der Waals surface area contributed by atoms with Gasteiger partial charge in [0, 0.05) is 19.6 Å². The summed E-state index contributed by atoms with van der Waals surface area (Å²) in [6.07, 6.45) is 0. The quantitative estimate of drug-likeness (QED) is 0.612. The van der Waals surface area contributed by atoms with E-state index in [-0.39, 0.29) is 12.5 Å². The maximum Gasteiger partial charge on any atom is 0.264 e. The molecule has 1 saturated heterocycles. The maximum atomic E-state index is 12.3. The molecule has 0 saturated carbocycles. The summed E-state index contributed by atoms with van der Waals surface area (Å²) >= 11 is 1.49. The average Bonchev–Trinajstić information content (AvgIpc) is 3.14. The van der Waals surface area contributed by atoms with Gasteiger partial charge in [-0.25, -0.2) is 4.98 Å². The predicted molar refractivity (Wildman–Crippen MR) is 120 cm³/mol. The summed E-state index contributed by atoms with van der Waals surface area (Å²) in [7, 11) is 0. The topological polar surface area (TPSA) is 63.7 Å². The lowest BCUT2D eigenvalue weighted by Gasteiger charge is -2.26. The van der Waals surface area contributed by atoms with Crippen molar-refractivity contribution in [2.75, 3.05) is 38.2 Å². The predicted octanol–water partition coefficient (Wildman–Crippen LogP) is 4.27. The lowest BCUT2D eigenvalue weighted by molar-refractivity contribution is -0.118. The number of nitrogens with one attached hydrogen (secondary N) is 1. The first kappa shape index (κ1) is 20.8. The molecule has 2 heterocycles. The molecule has 158 valence electrons. The zero-order valence-electron chi connectivity index (χ0n) is 17.4. The number of carbonyl (C=O) groups excluding carboxylic acids is 1. The van der Waals surface area contributed by atoms with Crippen LogP contribution in [-0.2, 0) is 16.1 Å². The van der Waals surface area contributed by atoms with E-state index in [0.29, 0.717) is 16.8 Å². The fourth-order valence-electron chi connectivity index (χ4n) is 3.41. The average molecular weight is 426 g/mol. The van der Waals surface area contributed by atoms with E-state index in [9.17, 15) is 4.79 Å². The van der Waals surface area contributed by atoms with Crippen molar-refractivity contribution in [3.63, 3.8) is 0 Å². The van der Waals surface area contributed by atoms with Crippen LogP contribution in [0.4, 0.5) is 5.13 Å². The number of morpholine rings is 1. The number of rotatable bonds is 7. The van der Waals surface area contributed by atoms with Crippen molar-refractivity contribution in [3.8, 4) is 5.75 Å². The van der Waals surface area contributed by atoms with Gasteiger partial charge in [-0.15, -0.1) is 0 Å². The summed E-state index contributed by atoms with van der Waals surface area (Å²) < 4.78 is 12.1. The molecule has 0 bridgehead atoms. The molecule has 2 aromatic carbocycles. The summed E-state index contributed by atoms with van der Waals surface area (Å²) in [5.41, 5.74) is 3.33. The van der Waals surface area contributed by atoms with Crippen LogP contribution in [0.2, 0.25) is 0 Å². The molecule has 0 radical (unpaired) electrons. The van der Waals surface area contributed by atoms with Crippen molar-refractivity contribution in [1.82, 2.24) is 9.88 Å². The minimum atomic E-state index is -0.211. The molecule has 1 aromatic heterocycles. The summed E-state index contributed by atoms with van der Waals surface area (Å²) in [4.78, 5) is 19.2. The van der Waals surface area contributed by atoms with Crippen LogP contribution in [0.25, 0.3) is 10.2 Å². The molecular formula is C23H27N3O3S. The molecule has 1 N–H and O–H groups in total. The third-order valence-corrected chi connectivity index (χ3v) is 6.04. The Kier molecular flexibility index (Phi) is 6.62. The molecule has 1 aliphatic heterocycles. The molecule has 0 atom stereocenters. The fraction of sp³-hybridized carbons (Fsp3) is 0.391. The van der Waals surface area contributed by atoms with Crippen LogP contribution in [-0.4, -0.2) is 48.7 Å². The molecule has 3 aromatic rings. The number of carbonyl (C=O) groups is 1. The van der Waals surface area contributed by atoms with Crippen molar-refractivity contribution in [2.45, 2.75) is 26.3 Å². The third kappa shape index (κ3) is 5.36. The highest BCUT2D eigenvalue weighted by atomic mass is 32.1. The van der Waals surface area contributed by atoms with Crippen LogP contribution in [0.15, 0.2) is 42.5 Å². The Morgan fingerprint density at radius 3 is 2.87 bits per heavy atom. The highest BCUT2D eigenvalue weighted by molar-refractivity contribution is 7.22. The number of benzene rings is 2. The van der Waals surface area contributed by atoms with Gasteiger partial charge in [0.1, 0.15) is 5.75 Å². The van der Waals surface area contributed by atoms with Crippen molar-refractivity contribution in [3.05, 3.63) is 53.6 Å². The van der Waals surface area contributed by atoms with Gasteiger partial charge in [-0.1, -0.05) is 43.4 Å². The minimum absolute atomic E-state index is 0.0419. The Balaban J connectivity index is 1.35. The maximum absolute atomic E-state index is 12.3. The standard InChI is InChI=1S/C23H27N3O3S/c1-16(2)18-4-3-5-19(13-18)29-15-22(27)25-23-24-20-7-6-17(12-21(20)30-23)14-26-8-10-28-11-9-26/h3-7,12-13,16H,8-11,14-15H2,1-2H3,(H,24,25,27). The van der Waals surface area contributed by atoms with Crippen LogP contribution in [0.1, 0.15) is 30.9 Å². The molecule has 1 aliphatic rings. The largest absolute Gasteiger partial charge is 0.484 e. The lowest BCUT2D eigenvalue weighted by Crippen LogP contribution is -2.35. The van der Waals surface area contributed by atoms with Gasteiger partial charge in [0.25, 0.3) is 5.91 Å². The molecule has 4 rings (SSSR count). The molecular weight excluding hydrogens is 398 g/mol. The van der Waals surface area contributed by atoms with E-state index in [1.54, 1.807) is 0 Å². The number of hydrogen-bond donors (Lipinski definition) is 1. The molecule has 7 heteroatoms. The van der Waals surface area contributed by atoms with Gasteiger partial charge >= 0.3 is 0 Å². The lowest BCUT2D eigenvalue weighted by atomic mass is 10.0. The van der Waals surface area contributed by atoms with Gasteiger partial charge in [-0.3, -0.25) is 15.0 Å². The minimum Gasteiger partial charge on any atom is -0.484 e. The molecule has 6 nitrogen and oxygen atoms in total. The zero-order valence-corrected chi connectivity index (χ0v) is 18.2. The number of aromatic nitrogens is 1. The molecule has 1 fully saturated rings. The summed E-state index contributed by atoms with van der Waals surface area (Å²) in [5.74, 6) is 0.907. The van der Waals surface area contributed by atoms with Crippen LogP contribution >= 0.6 is 11.3 Å². The second kappa shape index (κ2) is 9.55. The van der Waals surface area contributed by atoms with E-state index < -0.39 is 0 Å². The molecule has 30 heavy (non-hydrogen) atoms. The monoisotopic (exact) mass is 425 g/mol. The number of ether oxygens (including phenoxy) is 2. The Hall–Kier alpha value is -2.48. The van der Waals surface area contributed by atoms with Crippen molar-refractivity contribution in [2.24, 2.45) is 0 Å². The molecule has 0 spiro atoms. The Morgan fingerprint density at radius 1 is 1.23 bits per heavy atom. The number of amides is 1. The van der Waals surface area contributed by atoms with Crippen molar-refractivity contribution >= 4 is 32.6 Å². The van der Waals surface area contributed by atoms with Crippen LogP contribution < -0.4 is 10.1 Å². The van der Waals surface area contributed by atoms with Crippen LogP contribution in [0, 0.1) is 0 Å².